The molecule has 4 nitrogen and oxygen atoms in total. The maximum Gasteiger partial charge on any atom is 0.316 e. The molecule has 0 bridgehead atoms. The van der Waals surface area contributed by atoms with Gasteiger partial charge in [-0.25, -0.2) is 4.79 Å². The molecule has 5 N–H and O–H groups in total. The van der Waals surface area contributed by atoms with Crippen molar-refractivity contribution < 1.29 is 4.79 Å². The van der Waals surface area contributed by atoms with E-state index in [1.807, 2.05) is 30.4 Å². The second-order valence-corrected chi connectivity index (χ2v) is 3.09. The molecule has 15 heavy (non-hydrogen) atoms. The Kier molecular flexibility index (Phi) is 4.37. The van der Waals surface area contributed by atoms with Crippen molar-refractivity contribution >= 4 is 17.8 Å². The molecule has 1 rings (SSSR count). The number of carbonyl (C=O) groups excluding carboxylic acids is 1. The molecule has 1 aromatic rings. The molecule has 0 saturated carbocycles. The number of hydrogen-bond donors (Lipinski definition) is 3. The highest BCUT2D eigenvalue weighted by atomic mass is 16.2. The summed E-state index contributed by atoms with van der Waals surface area (Å²) in [6.45, 7) is 0.635. The summed E-state index contributed by atoms with van der Waals surface area (Å²) in [5.41, 5.74) is 12.1. The van der Waals surface area contributed by atoms with Gasteiger partial charge in [-0.05, 0) is 30.7 Å². The standard InChI is InChI=1S/C11H15N3O/c12-7-2-1-4-9-5-3-6-10(8-9)14-11(13)15/h1,3-6,8H,2,7,12H2,(H3,13,14,15). The van der Waals surface area contributed by atoms with Gasteiger partial charge in [0, 0.05) is 5.69 Å². The molecular formula is C11H15N3O. The van der Waals surface area contributed by atoms with E-state index in [4.69, 9.17) is 11.5 Å². The predicted octanol–water partition coefficient (Wildman–Crippen LogP) is 1.54. The van der Waals surface area contributed by atoms with Crippen molar-refractivity contribution in [3.63, 3.8) is 0 Å². The number of anilines is 1. The Morgan fingerprint density at radius 2 is 2.27 bits per heavy atom. The molecule has 0 aliphatic rings. The minimum atomic E-state index is -0.557. The van der Waals surface area contributed by atoms with Crippen LogP contribution in [0.25, 0.3) is 6.08 Å². The van der Waals surface area contributed by atoms with Crippen LogP contribution in [0, 0.1) is 0 Å². The SMILES string of the molecule is NCCC=Cc1cccc(NC(N)=O)c1. The number of carbonyl (C=O) groups is 1. The fraction of sp³-hybridized carbons (Fsp3) is 0.182. The lowest BCUT2D eigenvalue weighted by molar-refractivity contribution is 0.259. The number of primary amides is 1. The fourth-order valence-corrected chi connectivity index (χ4v) is 1.18. The minimum Gasteiger partial charge on any atom is -0.351 e. The number of nitrogens with two attached hydrogens (primary N) is 2. The van der Waals surface area contributed by atoms with Gasteiger partial charge in [-0.1, -0.05) is 24.3 Å². The van der Waals surface area contributed by atoms with Gasteiger partial charge in [0.25, 0.3) is 0 Å². The molecule has 1 aromatic carbocycles. The Balaban J connectivity index is 2.69. The van der Waals surface area contributed by atoms with Crippen molar-refractivity contribution in [2.75, 3.05) is 11.9 Å². The van der Waals surface area contributed by atoms with Crippen LogP contribution in [-0.2, 0) is 0 Å². The third-order valence-corrected chi connectivity index (χ3v) is 1.80. The van der Waals surface area contributed by atoms with E-state index < -0.39 is 6.03 Å². The van der Waals surface area contributed by atoms with E-state index in [0.29, 0.717) is 12.2 Å². The van der Waals surface area contributed by atoms with Crippen LogP contribution >= 0.6 is 0 Å². The Morgan fingerprint density at radius 3 is 2.93 bits per heavy atom. The van der Waals surface area contributed by atoms with Crippen LogP contribution in [0.1, 0.15) is 12.0 Å². The average molecular weight is 205 g/mol. The van der Waals surface area contributed by atoms with Gasteiger partial charge in [0.1, 0.15) is 0 Å². The maximum absolute atomic E-state index is 10.6. The molecule has 0 fully saturated rings. The molecule has 0 saturated heterocycles. The first-order chi connectivity index (χ1) is 7.22. The Labute approximate surface area is 89.0 Å². The third kappa shape index (κ3) is 4.28. The van der Waals surface area contributed by atoms with Crippen molar-refractivity contribution in [3.05, 3.63) is 35.9 Å². The summed E-state index contributed by atoms with van der Waals surface area (Å²) < 4.78 is 0. The average Bonchev–Trinajstić information content (AvgIpc) is 2.18. The lowest BCUT2D eigenvalue weighted by Crippen LogP contribution is -2.19. The Bertz CT molecular complexity index is 361. The molecule has 2 amide bonds. The zero-order valence-electron chi connectivity index (χ0n) is 8.44. The maximum atomic E-state index is 10.6. The summed E-state index contributed by atoms with van der Waals surface area (Å²) in [6.07, 6.45) is 4.79. The summed E-state index contributed by atoms with van der Waals surface area (Å²) in [5, 5.41) is 2.52. The molecule has 80 valence electrons. The molecule has 0 heterocycles. The lowest BCUT2D eigenvalue weighted by atomic mass is 10.2. The number of amides is 2. The Morgan fingerprint density at radius 1 is 1.47 bits per heavy atom. The normalized spacial score (nSPS) is 10.5. The van der Waals surface area contributed by atoms with Crippen molar-refractivity contribution in [3.8, 4) is 0 Å². The van der Waals surface area contributed by atoms with Crippen LogP contribution in [0.2, 0.25) is 0 Å². The van der Waals surface area contributed by atoms with E-state index in [2.05, 4.69) is 5.32 Å². The first kappa shape index (κ1) is 11.3. The molecule has 0 unspecified atom stereocenters. The van der Waals surface area contributed by atoms with Gasteiger partial charge in [-0.15, -0.1) is 0 Å². The van der Waals surface area contributed by atoms with E-state index in [0.717, 1.165) is 12.0 Å². The zero-order chi connectivity index (χ0) is 11.1. The van der Waals surface area contributed by atoms with Crippen LogP contribution in [0.15, 0.2) is 30.3 Å². The molecular weight excluding hydrogens is 190 g/mol. The highest BCUT2D eigenvalue weighted by Gasteiger charge is 1.95. The first-order valence-corrected chi connectivity index (χ1v) is 4.75. The van der Waals surface area contributed by atoms with Gasteiger partial charge in [-0.2, -0.15) is 0 Å². The molecule has 0 aliphatic carbocycles. The predicted molar refractivity (Wildman–Crippen MR) is 62.4 cm³/mol. The lowest BCUT2D eigenvalue weighted by Gasteiger charge is -2.02. The van der Waals surface area contributed by atoms with Gasteiger partial charge in [0.05, 0.1) is 0 Å². The molecule has 0 radical (unpaired) electrons. The van der Waals surface area contributed by atoms with Crippen LogP contribution in [0.4, 0.5) is 10.5 Å². The van der Waals surface area contributed by atoms with Gasteiger partial charge in [-0.3, -0.25) is 0 Å². The Hall–Kier alpha value is -1.81. The summed E-state index contributed by atoms with van der Waals surface area (Å²) in [7, 11) is 0. The topological polar surface area (TPSA) is 81.1 Å². The number of hydrogen-bond acceptors (Lipinski definition) is 2. The molecule has 0 aromatic heterocycles. The van der Waals surface area contributed by atoms with E-state index in [1.165, 1.54) is 0 Å². The van der Waals surface area contributed by atoms with Crippen LogP contribution in [0.3, 0.4) is 0 Å². The van der Waals surface area contributed by atoms with Gasteiger partial charge >= 0.3 is 6.03 Å². The summed E-state index contributed by atoms with van der Waals surface area (Å²) >= 11 is 0. The molecule has 0 spiro atoms. The second kappa shape index (κ2) is 5.82. The summed E-state index contributed by atoms with van der Waals surface area (Å²) in [4.78, 5) is 10.6. The number of urea groups is 1. The van der Waals surface area contributed by atoms with Crippen molar-refractivity contribution in [1.82, 2.24) is 0 Å². The largest absolute Gasteiger partial charge is 0.351 e. The van der Waals surface area contributed by atoms with Crippen molar-refractivity contribution in [1.29, 1.82) is 0 Å². The van der Waals surface area contributed by atoms with E-state index in [9.17, 15) is 4.79 Å². The van der Waals surface area contributed by atoms with Crippen LogP contribution in [-0.4, -0.2) is 12.6 Å². The van der Waals surface area contributed by atoms with Crippen LogP contribution < -0.4 is 16.8 Å². The smallest absolute Gasteiger partial charge is 0.316 e. The van der Waals surface area contributed by atoms with Gasteiger partial charge in [0.15, 0.2) is 0 Å². The monoisotopic (exact) mass is 205 g/mol. The first-order valence-electron chi connectivity index (χ1n) is 4.75. The molecule has 4 heteroatoms. The van der Waals surface area contributed by atoms with E-state index in [1.54, 1.807) is 6.07 Å². The minimum absolute atomic E-state index is 0.557. The number of rotatable bonds is 4. The number of benzene rings is 1. The van der Waals surface area contributed by atoms with Crippen molar-refractivity contribution in [2.45, 2.75) is 6.42 Å². The van der Waals surface area contributed by atoms with E-state index >= 15 is 0 Å². The summed E-state index contributed by atoms with van der Waals surface area (Å²) in [5.74, 6) is 0. The zero-order valence-corrected chi connectivity index (χ0v) is 8.44. The van der Waals surface area contributed by atoms with E-state index in [-0.39, 0.29) is 0 Å². The van der Waals surface area contributed by atoms with Crippen LogP contribution in [0.5, 0.6) is 0 Å². The quantitative estimate of drug-likeness (QED) is 0.696. The van der Waals surface area contributed by atoms with Gasteiger partial charge < -0.3 is 16.8 Å². The highest BCUT2D eigenvalue weighted by molar-refractivity contribution is 5.88. The fourth-order valence-electron chi connectivity index (χ4n) is 1.18. The molecule has 0 aliphatic heterocycles. The highest BCUT2D eigenvalue weighted by Crippen LogP contribution is 2.11. The summed E-state index contributed by atoms with van der Waals surface area (Å²) in [6, 6.07) is 6.87. The third-order valence-electron chi connectivity index (χ3n) is 1.80. The van der Waals surface area contributed by atoms with Crippen molar-refractivity contribution in [2.24, 2.45) is 11.5 Å². The van der Waals surface area contributed by atoms with Gasteiger partial charge in [0.2, 0.25) is 0 Å². The molecule has 0 atom stereocenters. The second-order valence-electron chi connectivity index (χ2n) is 3.09. The number of nitrogens with one attached hydrogen (secondary N) is 1.